The third kappa shape index (κ3) is 11.0. The molecular weight excluding hydrogens is 179 g/mol. The molecule has 0 aromatic carbocycles. The number of nitrogens with zero attached hydrogens (tertiary/aromatic N) is 1. The summed E-state index contributed by atoms with van der Waals surface area (Å²) in [5, 5.41) is 0. The Morgan fingerprint density at radius 1 is 1.29 bits per heavy atom. The third-order valence-corrected chi connectivity index (χ3v) is 1.89. The minimum absolute atomic E-state index is 0.199. The quantitative estimate of drug-likeness (QED) is 0.252. The molecule has 5 heteroatoms. The normalized spacial score (nSPS) is 10.6. The van der Waals surface area contributed by atoms with E-state index >= 15 is 0 Å². The maximum Gasteiger partial charge on any atom is 0.323 e. The molecule has 0 atom stereocenters. The van der Waals surface area contributed by atoms with Crippen LogP contribution in [0.3, 0.4) is 0 Å². The first kappa shape index (κ1) is 13.0. The molecule has 0 spiro atoms. The Hall–Kier alpha value is -0.995. The van der Waals surface area contributed by atoms with Crippen molar-refractivity contribution in [2.24, 2.45) is 10.7 Å². The maximum absolute atomic E-state index is 10.4. The summed E-state index contributed by atoms with van der Waals surface area (Å²) < 4.78 is 4.67. The first-order valence-corrected chi connectivity index (χ1v) is 5.06. The van der Waals surface area contributed by atoms with Crippen LogP contribution in [-0.2, 0) is 9.45 Å². The monoisotopic (exact) mass is 198 g/mol. The molecular formula is C9H19BN2O2. The van der Waals surface area contributed by atoms with Crippen molar-refractivity contribution in [1.29, 1.82) is 0 Å². The predicted octanol–water partition coefficient (Wildman–Crippen LogP) is 0.405. The van der Waals surface area contributed by atoms with Crippen LogP contribution in [0, 0.1) is 0 Å². The Bertz CT molecular complexity index is 174. The second-order valence-electron chi connectivity index (χ2n) is 3.23. The molecule has 80 valence electrons. The first-order valence-electron chi connectivity index (χ1n) is 5.06. The Balaban J connectivity index is 2.99. The molecule has 0 aliphatic heterocycles. The SMILES string of the molecule is BOC=NCCCCCCCC(N)=O. The number of carbonyl (C=O) groups excluding carboxylic acids is 1. The lowest BCUT2D eigenvalue weighted by atomic mass is 10.1. The fraction of sp³-hybridized carbons (Fsp3) is 0.778. The third-order valence-electron chi connectivity index (χ3n) is 1.89. The summed E-state index contributed by atoms with van der Waals surface area (Å²) in [6.07, 6.45) is 7.36. The number of carbonyl (C=O) groups is 1. The van der Waals surface area contributed by atoms with E-state index in [0.29, 0.717) is 6.42 Å². The summed E-state index contributed by atoms with van der Waals surface area (Å²) in [7, 11) is 1.59. The highest BCUT2D eigenvalue weighted by Gasteiger charge is 1.94. The zero-order valence-corrected chi connectivity index (χ0v) is 8.87. The predicted molar refractivity (Wildman–Crippen MR) is 59.9 cm³/mol. The lowest BCUT2D eigenvalue weighted by molar-refractivity contribution is -0.118. The van der Waals surface area contributed by atoms with Gasteiger partial charge in [-0.2, -0.15) is 0 Å². The van der Waals surface area contributed by atoms with Gasteiger partial charge in [-0.25, -0.2) is 0 Å². The summed E-state index contributed by atoms with van der Waals surface area (Å²) in [5.41, 5.74) is 5.02. The highest BCUT2D eigenvalue weighted by atomic mass is 16.4. The second kappa shape index (κ2) is 10.1. The fourth-order valence-electron chi connectivity index (χ4n) is 1.16. The Kier molecular flexibility index (Phi) is 9.37. The number of primary amides is 1. The van der Waals surface area contributed by atoms with Gasteiger partial charge in [-0.1, -0.05) is 19.3 Å². The molecule has 0 heterocycles. The van der Waals surface area contributed by atoms with Gasteiger partial charge in [-0.05, 0) is 12.8 Å². The van der Waals surface area contributed by atoms with Crippen LogP contribution in [0.25, 0.3) is 0 Å². The minimum atomic E-state index is -0.199. The highest BCUT2D eigenvalue weighted by molar-refractivity contribution is 6.02. The van der Waals surface area contributed by atoms with Gasteiger partial charge in [0.05, 0.1) is 0 Å². The average Bonchev–Trinajstić information content (AvgIpc) is 2.15. The number of hydrogen-bond acceptors (Lipinski definition) is 3. The molecule has 0 aliphatic carbocycles. The van der Waals surface area contributed by atoms with E-state index < -0.39 is 0 Å². The van der Waals surface area contributed by atoms with Crippen LogP contribution in [0.2, 0.25) is 0 Å². The summed E-state index contributed by atoms with van der Waals surface area (Å²) in [6, 6.07) is 0. The molecule has 2 N–H and O–H groups in total. The first-order chi connectivity index (χ1) is 6.77. The van der Waals surface area contributed by atoms with Crippen LogP contribution < -0.4 is 5.73 Å². The van der Waals surface area contributed by atoms with Gasteiger partial charge in [-0.15, -0.1) is 0 Å². The largest absolute Gasteiger partial charge is 0.560 e. The van der Waals surface area contributed by atoms with Crippen LogP contribution in [-0.4, -0.2) is 26.9 Å². The molecule has 0 fully saturated rings. The molecule has 1 amide bonds. The molecule has 0 radical (unpaired) electrons. The van der Waals surface area contributed by atoms with Crippen molar-refractivity contribution in [3.63, 3.8) is 0 Å². The molecule has 0 saturated heterocycles. The fourth-order valence-corrected chi connectivity index (χ4v) is 1.16. The highest BCUT2D eigenvalue weighted by Crippen LogP contribution is 2.04. The molecule has 0 unspecified atom stereocenters. The average molecular weight is 198 g/mol. The summed E-state index contributed by atoms with van der Waals surface area (Å²) in [6.45, 7) is 0.823. The van der Waals surface area contributed by atoms with E-state index in [1.807, 2.05) is 0 Å². The van der Waals surface area contributed by atoms with Crippen molar-refractivity contribution < 1.29 is 9.45 Å². The van der Waals surface area contributed by atoms with Gasteiger partial charge in [0.25, 0.3) is 0 Å². The molecule has 0 saturated carbocycles. The molecule has 0 rings (SSSR count). The van der Waals surface area contributed by atoms with Crippen molar-refractivity contribution in [2.75, 3.05) is 6.54 Å². The van der Waals surface area contributed by atoms with Gasteiger partial charge in [0.1, 0.15) is 0 Å². The number of aliphatic imine (C=N–C) groups is 1. The van der Waals surface area contributed by atoms with Crippen LogP contribution >= 0.6 is 0 Å². The summed E-state index contributed by atoms with van der Waals surface area (Å²) in [5.74, 6) is -0.199. The molecule has 0 aromatic heterocycles. The topological polar surface area (TPSA) is 64.7 Å². The van der Waals surface area contributed by atoms with Crippen molar-refractivity contribution in [2.45, 2.75) is 38.5 Å². The smallest absolute Gasteiger partial charge is 0.323 e. The molecule has 0 bridgehead atoms. The van der Waals surface area contributed by atoms with Crippen LogP contribution in [0.15, 0.2) is 4.99 Å². The van der Waals surface area contributed by atoms with Gasteiger partial charge >= 0.3 is 8.05 Å². The zero-order valence-electron chi connectivity index (χ0n) is 8.87. The van der Waals surface area contributed by atoms with Gasteiger partial charge in [0.2, 0.25) is 5.91 Å². The zero-order chi connectivity index (χ0) is 10.6. The van der Waals surface area contributed by atoms with Crippen molar-refractivity contribution in [3.8, 4) is 0 Å². The van der Waals surface area contributed by atoms with Gasteiger partial charge in [0.15, 0.2) is 6.40 Å². The molecule has 4 nitrogen and oxygen atoms in total. The van der Waals surface area contributed by atoms with Crippen LogP contribution in [0.4, 0.5) is 0 Å². The maximum atomic E-state index is 10.4. The van der Waals surface area contributed by atoms with Gasteiger partial charge < -0.3 is 10.4 Å². The Morgan fingerprint density at radius 3 is 2.57 bits per heavy atom. The van der Waals surface area contributed by atoms with E-state index in [9.17, 15) is 4.79 Å². The number of hydrogen-bond donors (Lipinski definition) is 1. The number of rotatable bonds is 9. The number of nitrogens with two attached hydrogens (primary N) is 1. The molecule has 0 aromatic rings. The van der Waals surface area contributed by atoms with E-state index in [0.717, 1.165) is 38.6 Å². The number of unbranched alkanes of at least 4 members (excludes halogenated alkanes) is 4. The Morgan fingerprint density at radius 2 is 1.93 bits per heavy atom. The van der Waals surface area contributed by atoms with E-state index in [1.54, 1.807) is 8.05 Å². The van der Waals surface area contributed by atoms with E-state index in [1.165, 1.54) is 6.40 Å². The van der Waals surface area contributed by atoms with E-state index in [-0.39, 0.29) is 5.91 Å². The van der Waals surface area contributed by atoms with Crippen molar-refractivity contribution in [1.82, 2.24) is 0 Å². The van der Waals surface area contributed by atoms with Gasteiger partial charge in [-0.3, -0.25) is 9.79 Å². The van der Waals surface area contributed by atoms with E-state index in [4.69, 9.17) is 5.73 Å². The molecule has 0 aliphatic rings. The second-order valence-corrected chi connectivity index (χ2v) is 3.23. The summed E-state index contributed by atoms with van der Waals surface area (Å²) in [4.78, 5) is 14.4. The number of amides is 1. The van der Waals surface area contributed by atoms with E-state index in [2.05, 4.69) is 9.65 Å². The summed E-state index contributed by atoms with van der Waals surface area (Å²) >= 11 is 0. The van der Waals surface area contributed by atoms with Crippen molar-refractivity contribution in [3.05, 3.63) is 0 Å². The van der Waals surface area contributed by atoms with Crippen LogP contribution in [0.1, 0.15) is 38.5 Å². The molecule has 14 heavy (non-hydrogen) atoms. The van der Waals surface area contributed by atoms with Crippen LogP contribution in [0.5, 0.6) is 0 Å². The minimum Gasteiger partial charge on any atom is -0.560 e. The lowest BCUT2D eigenvalue weighted by Gasteiger charge is -1.98. The van der Waals surface area contributed by atoms with Crippen molar-refractivity contribution >= 4 is 20.4 Å². The Labute approximate surface area is 86.4 Å². The standard InChI is InChI=1S/C9H19BN2O2/c10-14-8-12-7-5-3-1-2-4-6-9(11)13/h8H,1-7,10H2,(H2,11,13). The lowest BCUT2D eigenvalue weighted by Crippen LogP contribution is -2.09. The van der Waals surface area contributed by atoms with Gasteiger partial charge in [0, 0.05) is 13.0 Å².